The number of aromatic nitrogens is 1. The second kappa shape index (κ2) is 10.1. The van der Waals surface area contributed by atoms with E-state index >= 15 is 0 Å². The molecule has 0 radical (unpaired) electrons. The quantitative estimate of drug-likeness (QED) is 0.158. The number of benzene rings is 2. The van der Waals surface area contributed by atoms with Crippen molar-refractivity contribution in [3.05, 3.63) is 78.2 Å². The second-order valence-corrected chi connectivity index (χ2v) is 8.27. The van der Waals surface area contributed by atoms with Crippen molar-refractivity contribution >= 4 is 27.7 Å². The topological polar surface area (TPSA) is 63.3 Å². The number of carbonyl (C=O) groups excluding carboxylic acids is 1. The first-order valence-electron chi connectivity index (χ1n) is 9.83. The maximum absolute atomic E-state index is 10.0. The van der Waals surface area contributed by atoms with Gasteiger partial charge in [-0.15, -0.1) is 18.2 Å². The average molecular weight is 596 g/mol. The number of ketones is 1. The number of carbonyl (C=O) groups is 1. The molecule has 0 fully saturated rings. The Labute approximate surface area is 197 Å². The van der Waals surface area contributed by atoms with Crippen LogP contribution in [0.15, 0.2) is 71.0 Å². The molecule has 4 aromatic rings. The number of fused-ring (bicyclic) bond motifs is 3. The van der Waals surface area contributed by atoms with E-state index in [1.807, 2.05) is 30.5 Å². The van der Waals surface area contributed by atoms with Gasteiger partial charge in [-0.2, -0.15) is 0 Å². The number of nitrogens with zero attached hydrogens (tertiary/aromatic N) is 1. The van der Waals surface area contributed by atoms with Crippen LogP contribution in [0.1, 0.15) is 40.2 Å². The minimum absolute atomic E-state index is 0. The van der Waals surface area contributed by atoms with Crippen LogP contribution in [0.25, 0.3) is 33.2 Å². The Hall–Kier alpha value is -2.71. The van der Waals surface area contributed by atoms with Crippen molar-refractivity contribution in [2.45, 2.75) is 40.0 Å². The standard InChI is InChI=1S/C21H18NO.C5H8O2.Pt/c1-21(2,3)14-11-12-22-18(13-14)17-9-6-8-16-15-7-4-5-10-19(15)23-20(16)17;1-4(6)3-5(2)7;/h4-8,10-13H,1-3H3;3,6H,1-2H3;/q-1;;/b;4-3-;. The second-order valence-electron chi connectivity index (χ2n) is 8.27. The fourth-order valence-electron chi connectivity index (χ4n) is 3.21. The van der Waals surface area contributed by atoms with Crippen molar-refractivity contribution in [2.24, 2.45) is 0 Å². The van der Waals surface area contributed by atoms with Crippen LogP contribution in [0.4, 0.5) is 0 Å². The molecule has 0 unspecified atom stereocenters. The molecule has 0 aliphatic carbocycles. The zero-order chi connectivity index (χ0) is 21.9. The summed E-state index contributed by atoms with van der Waals surface area (Å²) in [5.74, 6) is -0.0625. The van der Waals surface area contributed by atoms with Gasteiger partial charge in [-0.25, -0.2) is 0 Å². The monoisotopic (exact) mass is 595 g/mol. The molecule has 0 saturated heterocycles. The summed E-state index contributed by atoms with van der Waals surface area (Å²) in [5.41, 5.74) is 4.91. The molecule has 0 saturated carbocycles. The van der Waals surface area contributed by atoms with Crippen molar-refractivity contribution in [3.8, 4) is 11.3 Å². The first kappa shape index (κ1) is 24.6. The van der Waals surface area contributed by atoms with Crippen LogP contribution in [0.3, 0.4) is 0 Å². The van der Waals surface area contributed by atoms with Crippen molar-refractivity contribution in [3.63, 3.8) is 0 Å². The summed E-state index contributed by atoms with van der Waals surface area (Å²) in [6, 6.07) is 19.6. The molecule has 1 N–H and O–H groups in total. The van der Waals surface area contributed by atoms with Gasteiger partial charge in [0.25, 0.3) is 0 Å². The summed E-state index contributed by atoms with van der Waals surface area (Å²) in [5, 5.41) is 10.6. The molecule has 0 amide bonds. The van der Waals surface area contributed by atoms with Gasteiger partial charge in [0.1, 0.15) is 5.58 Å². The van der Waals surface area contributed by atoms with Gasteiger partial charge in [-0.1, -0.05) is 56.0 Å². The van der Waals surface area contributed by atoms with E-state index in [1.165, 1.54) is 25.5 Å². The molecule has 31 heavy (non-hydrogen) atoms. The average Bonchev–Trinajstić information content (AvgIpc) is 3.05. The molecule has 4 nitrogen and oxygen atoms in total. The number of rotatable bonds is 2. The summed E-state index contributed by atoms with van der Waals surface area (Å²) in [7, 11) is 0. The van der Waals surface area contributed by atoms with Gasteiger partial charge >= 0.3 is 0 Å². The summed E-state index contributed by atoms with van der Waals surface area (Å²) in [6.45, 7) is 9.47. The minimum Gasteiger partial charge on any atom is -0.512 e. The van der Waals surface area contributed by atoms with Crippen molar-refractivity contribution in [1.82, 2.24) is 4.98 Å². The van der Waals surface area contributed by atoms with E-state index in [1.54, 1.807) is 0 Å². The number of hydrogen-bond acceptors (Lipinski definition) is 4. The first-order chi connectivity index (χ1) is 14.2. The Morgan fingerprint density at radius 3 is 2.42 bits per heavy atom. The fourth-order valence-corrected chi connectivity index (χ4v) is 3.21. The zero-order valence-electron chi connectivity index (χ0n) is 18.3. The summed E-state index contributed by atoms with van der Waals surface area (Å²) < 4.78 is 6.09. The molecule has 2 aromatic carbocycles. The molecule has 0 spiro atoms. The normalized spacial score (nSPS) is 11.6. The molecule has 0 bridgehead atoms. The van der Waals surface area contributed by atoms with Gasteiger partial charge in [0.2, 0.25) is 0 Å². The number of aliphatic hydroxyl groups excluding tert-OH is 1. The van der Waals surface area contributed by atoms with Crippen LogP contribution in [-0.4, -0.2) is 15.9 Å². The smallest absolute Gasteiger partial charge is 0.155 e. The number of furan rings is 1. The minimum atomic E-state index is -0.125. The van der Waals surface area contributed by atoms with Gasteiger partial charge in [0.05, 0.1) is 11.3 Å². The van der Waals surface area contributed by atoms with E-state index in [-0.39, 0.29) is 38.0 Å². The Bertz CT molecular complexity index is 1230. The van der Waals surface area contributed by atoms with E-state index in [4.69, 9.17) is 9.52 Å². The summed E-state index contributed by atoms with van der Waals surface area (Å²) in [4.78, 5) is 14.6. The fraction of sp³-hybridized carbons (Fsp3) is 0.231. The van der Waals surface area contributed by atoms with Crippen LogP contribution in [0.2, 0.25) is 0 Å². The largest absolute Gasteiger partial charge is 0.512 e. The van der Waals surface area contributed by atoms with Crippen LogP contribution >= 0.6 is 0 Å². The Kier molecular flexibility index (Phi) is 7.97. The summed E-state index contributed by atoms with van der Waals surface area (Å²) in [6.07, 6.45) is 3.03. The maximum atomic E-state index is 10.0. The number of aliphatic hydroxyl groups is 1. The molecule has 2 aromatic heterocycles. The van der Waals surface area contributed by atoms with E-state index in [0.29, 0.717) is 0 Å². The van der Waals surface area contributed by atoms with Gasteiger partial charge in [-0.3, -0.25) is 4.79 Å². The van der Waals surface area contributed by atoms with Crippen LogP contribution in [0.5, 0.6) is 0 Å². The predicted molar refractivity (Wildman–Crippen MR) is 122 cm³/mol. The molecule has 0 atom stereocenters. The third kappa shape index (κ3) is 5.92. The Morgan fingerprint density at radius 1 is 1.10 bits per heavy atom. The number of allylic oxidation sites excluding steroid dienone is 2. The van der Waals surface area contributed by atoms with Gasteiger partial charge in [0, 0.05) is 38.7 Å². The number of para-hydroxylation sites is 1. The molecular weight excluding hydrogens is 569 g/mol. The molecule has 164 valence electrons. The third-order valence-corrected chi connectivity index (χ3v) is 4.63. The summed E-state index contributed by atoms with van der Waals surface area (Å²) >= 11 is 0. The van der Waals surface area contributed by atoms with E-state index in [0.717, 1.165) is 33.2 Å². The molecule has 5 heteroatoms. The Morgan fingerprint density at radius 2 is 1.81 bits per heavy atom. The molecular formula is C26H26NO3Pt-. The first-order valence-corrected chi connectivity index (χ1v) is 9.83. The number of hydrogen-bond donors (Lipinski definition) is 1. The van der Waals surface area contributed by atoms with E-state index < -0.39 is 0 Å². The van der Waals surface area contributed by atoms with Gasteiger partial charge in [-0.05, 0) is 42.7 Å². The van der Waals surface area contributed by atoms with E-state index in [9.17, 15) is 4.79 Å². The van der Waals surface area contributed by atoms with Crippen LogP contribution < -0.4 is 0 Å². The van der Waals surface area contributed by atoms with Crippen LogP contribution in [-0.2, 0) is 31.3 Å². The molecule has 0 aliphatic rings. The molecule has 2 heterocycles. The molecule has 4 rings (SSSR count). The van der Waals surface area contributed by atoms with Crippen molar-refractivity contribution in [2.75, 3.05) is 0 Å². The third-order valence-electron chi connectivity index (χ3n) is 4.63. The van der Waals surface area contributed by atoms with Crippen molar-refractivity contribution in [1.29, 1.82) is 0 Å². The predicted octanol–water partition coefficient (Wildman–Crippen LogP) is 6.78. The maximum Gasteiger partial charge on any atom is 0.155 e. The van der Waals surface area contributed by atoms with Gasteiger partial charge < -0.3 is 14.5 Å². The number of pyridine rings is 1. The van der Waals surface area contributed by atoms with Crippen LogP contribution in [0, 0.1) is 6.07 Å². The van der Waals surface area contributed by atoms with E-state index in [2.05, 4.69) is 56.1 Å². The zero-order valence-corrected chi connectivity index (χ0v) is 20.6. The van der Waals surface area contributed by atoms with Gasteiger partial charge in [0.15, 0.2) is 5.78 Å². The van der Waals surface area contributed by atoms with Crippen molar-refractivity contribution < 1.29 is 35.4 Å². The molecule has 0 aliphatic heterocycles. The Balaban J connectivity index is 0.000000373. The SMILES string of the molecule is CC(=O)/C=C(/C)O.CC(C)(C)c1ccnc(-c2[c-]ccc3c2oc2ccccc23)c1.[Pt].